The first-order valence-electron chi connectivity index (χ1n) is 1.44. The van der Waals surface area contributed by atoms with Crippen LogP contribution >= 0.6 is 0 Å². The van der Waals surface area contributed by atoms with E-state index >= 15 is 0 Å². The number of hydrogen-bond acceptors (Lipinski definition) is 6. The summed E-state index contributed by atoms with van der Waals surface area (Å²) in [5.41, 5.74) is 0. The zero-order valence-corrected chi connectivity index (χ0v) is 8.70. The fraction of sp³-hybridized carbons (Fsp3) is 0. The molecule has 6 nitrogen and oxygen atoms in total. The van der Waals surface area contributed by atoms with Crippen molar-refractivity contribution in [1.29, 1.82) is 0 Å². The van der Waals surface area contributed by atoms with Gasteiger partial charge in [0.15, 0.2) is 0 Å². The van der Waals surface area contributed by atoms with Gasteiger partial charge in [0, 0.05) is 21.1 Å². The van der Waals surface area contributed by atoms with E-state index in [2.05, 4.69) is 0 Å². The summed E-state index contributed by atoms with van der Waals surface area (Å²) in [7, 11) is 0. The molecule has 0 aromatic rings. The first-order chi connectivity index (χ1) is 5.00. The Morgan fingerprint density at radius 2 is 0.417 bits per heavy atom. The average molecular weight is 263 g/mol. The Morgan fingerprint density at radius 3 is 0.417 bits per heavy atom. The second kappa shape index (κ2) is 807. The molecule has 12 heavy (non-hydrogen) atoms. The summed E-state index contributed by atoms with van der Waals surface area (Å²) < 4.78 is 0. The van der Waals surface area contributed by atoms with Crippen molar-refractivity contribution in [2.45, 2.75) is 0 Å². The van der Waals surface area contributed by atoms with Gasteiger partial charge in [-0.1, -0.05) is 0 Å². The van der Waals surface area contributed by atoms with Crippen LogP contribution in [-0.2, 0) is 45.0 Å². The maximum Gasteiger partial charge on any atom is 0.106 e. The molecule has 0 fully saturated rings. The molecule has 7 heteroatoms. The molecule has 3 N–H and O–H groups in total. The first kappa shape index (κ1) is 68.8. The molecule has 0 saturated carbocycles. The van der Waals surface area contributed by atoms with Crippen molar-refractivity contribution < 1.29 is 45.0 Å². The molecule has 0 heterocycles. The van der Waals surface area contributed by atoms with Gasteiger partial charge in [0.1, 0.15) is 33.9 Å². The summed E-state index contributed by atoms with van der Waals surface area (Å²) in [6.45, 7) is 10.0. The van der Waals surface area contributed by atoms with Gasteiger partial charge < -0.3 is 30.1 Å². The zero-order valence-electron chi connectivity index (χ0n) is 6.69. The van der Waals surface area contributed by atoms with Crippen LogP contribution in [0.2, 0.25) is 0 Å². The van der Waals surface area contributed by atoms with E-state index in [9.17, 15) is 0 Å². The van der Waals surface area contributed by atoms with Crippen LogP contribution in [0.4, 0.5) is 0 Å². The van der Waals surface area contributed by atoms with Gasteiger partial charge in [-0.2, -0.15) is 0 Å². The molecule has 0 radical (unpaired) electrons. The van der Waals surface area contributed by atoms with Gasteiger partial charge in [0.05, 0.1) is 0 Å². The van der Waals surface area contributed by atoms with E-state index in [0.29, 0.717) is 0 Å². The van der Waals surface area contributed by atoms with Gasteiger partial charge in [-0.15, -0.1) is 0 Å². The standard InChI is InChI=1S/5CH2O.Mo.H3N/c5*1-2;;/h5*1H2;;1H3. The molecule has 0 aliphatic carbocycles. The maximum atomic E-state index is 8.00. The van der Waals surface area contributed by atoms with E-state index in [1.165, 1.54) is 0 Å². The molecule has 0 aliphatic heterocycles. The normalized spacial score (nSPS) is 1.67. The third kappa shape index (κ3) is 574. The molecule has 0 aromatic carbocycles. The Morgan fingerprint density at radius 1 is 0.417 bits per heavy atom. The predicted octanol–water partition coefficient (Wildman–Crippen LogP) is -0.765. The minimum Gasteiger partial charge on any atom is -0.344 e. The van der Waals surface area contributed by atoms with E-state index in [1.807, 2.05) is 33.9 Å². The third-order valence-electron chi connectivity index (χ3n) is 0. The van der Waals surface area contributed by atoms with E-state index in [0.717, 1.165) is 0 Å². The summed E-state index contributed by atoms with van der Waals surface area (Å²) >= 11 is 0. The molecule has 0 spiro atoms. The van der Waals surface area contributed by atoms with Crippen LogP contribution in [0, 0.1) is 0 Å². The van der Waals surface area contributed by atoms with Crippen LogP contribution in [-0.4, -0.2) is 33.9 Å². The number of hydrogen-bond donors (Lipinski definition) is 1. The average Bonchev–Trinajstić information content (AvgIpc) is 2.20. The monoisotopic (exact) mass is 265 g/mol. The van der Waals surface area contributed by atoms with Crippen LogP contribution in [0.3, 0.4) is 0 Å². The molecular weight excluding hydrogens is 250 g/mol. The van der Waals surface area contributed by atoms with E-state index in [1.54, 1.807) is 0 Å². The van der Waals surface area contributed by atoms with Crippen molar-refractivity contribution in [3.63, 3.8) is 0 Å². The van der Waals surface area contributed by atoms with Crippen molar-refractivity contribution in [1.82, 2.24) is 6.15 Å². The fourth-order valence-corrected chi connectivity index (χ4v) is 0. The van der Waals surface area contributed by atoms with Gasteiger partial charge >= 0.3 is 0 Å². The van der Waals surface area contributed by atoms with E-state index < -0.39 is 0 Å². The van der Waals surface area contributed by atoms with Crippen molar-refractivity contribution in [2.24, 2.45) is 0 Å². The molecule has 74 valence electrons. The smallest absolute Gasteiger partial charge is 0.106 e. The number of carbonyl (C=O) groups is 5. The molecule has 0 aliphatic rings. The Labute approximate surface area is 85.6 Å². The predicted molar refractivity (Wildman–Crippen MR) is 40.6 cm³/mol. The molecule has 0 bridgehead atoms. The van der Waals surface area contributed by atoms with Crippen LogP contribution in [0.5, 0.6) is 0 Å². The summed E-state index contributed by atoms with van der Waals surface area (Å²) in [5, 5.41) is 0. The Kier molecular flexibility index (Phi) is 4620. The van der Waals surface area contributed by atoms with Gasteiger partial charge in [-0.25, -0.2) is 0 Å². The van der Waals surface area contributed by atoms with Gasteiger partial charge in [-0.05, 0) is 0 Å². The Bertz CT molecular complexity index is 31.4. The molecule has 0 amide bonds. The van der Waals surface area contributed by atoms with Crippen molar-refractivity contribution in [3.05, 3.63) is 0 Å². The van der Waals surface area contributed by atoms with Crippen molar-refractivity contribution in [2.75, 3.05) is 0 Å². The molecule has 0 unspecified atom stereocenters. The minimum absolute atomic E-state index is 0. The number of rotatable bonds is 0. The van der Waals surface area contributed by atoms with Gasteiger partial charge in [0.25, 0.3) is 0 Å². The quantitative estimate of drug-likeness (QED) is 0.573. The molecule has 0 atom stereocenters. The number of carbonyl (C=O) groups excluding carboxylic acids is 5. The van der Waals surface area contributed by atoms with E-state index in [4.69, 9.17) is 24.0 Å². The van der Waals surface area contributed by atoms with Crippen molar-refractivity contribution in [3.8, 4) is 0 Å². The summed E-state index contributed by atoms with van der Waals surface area (Å²) in [6, 6.07) is 0. The molecular formula is C5H13MoNO5. The SMILES string of the molecule is C=O.C=O.C=O.C=O.C=O.N.[Mo]. The van der Waals surface area contributed by atoms with Crippen LogP contribution in [0.15, 0.2) is 0 Å². The summed E-state index contributed by atoms with van der Waals surface area (Å²) in [4.78, 5) is 40.0. The first-order valence-corrected chi connectivity index (χ1v) is 1.44. The zero-order chi connectivity index (χ0) is 10.0. The second-order valence-corrected chi connectivity index (χ2v) is 0. The fourth-order valence-electron chi connectivity index (χ4n) is 0. The molecule has 0 saturated heterocycles. The van der Waals surface area contributed by atoms with Crippen LogP contribution < -0.4 is 6.15 Å². The Hall–Kier alpha value is -1.00. The van der Waals surface area contributed by atoms with Gasteiger partial charge in [-0.3, -0.25) is 0 Å². The van der Waals surface area contributed by atoms with Crippen LogP contribution in [0.1, 0.15) is 0 Å². The van der Waals surface area contributed by atoms with Gasteiger partial charge in [0.2, 0.25) is 0 Å². The third-order valence-corrected chi connectivity index (χ3v) is 0. The van der Waals surface area contributed by atoms with E-state index in [-0.39, 0.29) is 27.2 Å². The molecule has 0 rings (SSSR count). The molecule has 0 aromatic heterocycles. The van der Waals surface area contributed by atoms with Crippen molar-refractivity contribution >= 4 is 33.9 Å². The Balaban J connectivity index is -0.00000000500. The largest absolute Gasteiger partial charge is 0.344 e. The summed E-state index contributed by atoms with van der Waals surface area (Å²) in [6.07, 6.45) is 0. The topological polar surface area (TPSA) is 120 Å². The minimum atomic E-state index is 0. The van der Waals surface area contributed by atoms with Crippen LogP contribution in [0.25, 0.3) is 0 Å². The maximum absolute atomic E-state index is 8.00. The summed E-state index contributed by atoms with van der Waals surface area (Å²) in [5.74, 6) is 0. The second-order valence-electron chi connectivity index (χ2n) is 0.